The molecule has 0 radical (unpaired) electrons. The van der Waals surface area contributed by atoms with Gasteiger partial charge in [0.2, 0.25) is 0 Å². The van der Waals surface area contributed by atoms with Crippen LogP contribution in [0.3, 0.4) is 0 Å². The highest BCUT2D eigenvalue weighted by atomic mass is 32.1. The summed E-state index contributed by atoms with van der Waals surface area (Å²) >= 11 is 1.32. The molecule has 9 heteroatoms. The number of carbonyl (C=O) groups is 2. The van der Waals surface area contributed by atoms with Crippen molar-refractivity contribution in [3.63, 3.8) is 0 Å². The first kappa shape index (κ1) is 30.3. The van der Waals surface area contributed by atoms with Gasteiger partial charge in [0.05, 0.1) is 11.1 Å². The van der Waals surface area contributed by atoms with Gasteiger partial charge in [-0.15, -0.1) is 11.3 Å². The van der Waals surface area contributed by atoms with E-state index in [4.69, 9.17) is 9.39 Å². The van der Waals surface area contributed by atoms with Gasteiger partial charge in [0.1, 0.15) is 6.10 Å². The number of allylic oxidation sites excluding steroid dienone is 6. The zero-order valence-electron chi connectivity index (χ0n) is 21.8. The van der Waals surface area contributed by atoms with Gasteiger partial charge < -0.3 is 19.4 Å². The summed E-state index contributed by atoms with van der Waals surface area (Å²) in [6.45, 7) is 8.43. The van der Waals surface area contributed by atoms with Crippen molar-refractivity contribution < 1.29 is 24.1 Å². The Morgan fingerprint density at radius 1 is 1.20 bits per heavy atom. The van der Waals surface area contributed by atoms with E-state index < -0.39 is 24.1 Å². The Bertz CT molecular complexity index is 990. The highest BCUT2D eigenvalue weighted by molar-refractivity contribution is 7.09. The van der Waals surface area contributed by atoms with Crippen LogP contribution in [-0.4, -0.2) is 67.8 Å². The van der Waals surface area contributed by atoms with E-state index in [2.05, 4.69) is 16.0 Å². The molecule has 1 heterocycles. The molecule has 1 aromatic rings. The third-order valence-electron chi connectivity index (χ3n) is 4.66. The van der Waals surface area contributed by atoms with Crippen LogP contribution >= 0.6 is 11.3 Å². The first-order valence-electron chi connectivity index (χ1n) is 11.4. The second-order valence-corrected chi connectivity index (χ2v) is 9.62. The topological polar surface area (TPSA) is 89.0 Å². The average Bonchev–Trinajstić information content (AvgIpc) is 3.23. The summed E-state index contributed by atoms with van der Waals surface area (Å²) in [7, 11) is 5.34. The van der Waals surface area contributed by atoms with Gasteiger partial charge >= 0.3 is 20.0 Å². The first-order chi connectivity index (χ1) is 16.5. The molecular formula is C26H37BN2O5S. The van der Waals surface area contributed by atoms with Crippen molar-refractivity contribution >= 4 is 31.3 Å². The van der Waals surface area contributed by atoms with Crippen molar-refractivity contribution in [1.82, 2.24) is 9.88 Å². The van der Waals surface area contributed by atoms with E-state index in [1.807, 2.05) is 53.1 Å². The molecule has 1 rings (SSSR count). The summed E-state index contributed by atoms with van der Waals surface area (Å²) < 4.78 is 10.4. The molecule has 0 aliphatic carbocycles. The second kappa shape index (κ2) is 16.0. The maximum atomic E-state index is 12.5. The first-order valence-corrected chi connectivity index (χ1v) is 12.3. The zero-order chi connectivity index (χ0) is 26.4. The Hall–Kier alpha value is -2.75. The van der Waals surface area contributed by atoms with Crippen LogP contribution in [0.5, 0.6) is 0 Å². The largest absolute Gasteiger partial charge is 0.539 e. The van der Waals surface area contributed by atoms with Gasteiger partial charge in [0, 0.05) is 24.4 Å². The average molecular weight is 500 g/mol. The number of rotatable bonds is 13. The number of ether oxygens (including phenoxy) is 1. The number of nitrogens with zero attached hydrogens (tertiary/aromatic N) is 2. The van der Waals surface area contributed by atoms with E-state index in [-0.39, 0.29) is 5.69 Å². The van der Waals surface area contributed by atoms with Gasteiger partial charge in [-0.1, -0.05) is 47.1 Å². The number of carbonyl (C=O) groups excluding carboxylic acids is 2. The number of aliphatic hydroxyl groups excluding tert-OH is 1. The summed E-state index contributed by atoms with van der Waals surface area (Å²) in [6.07, 6.45) is 12.6. The monoisotopic (exact) mass is 500 g/mol. The number of hydrogen-bond donors (Lipinski definition) is 1. The van der Waals surface area contributed by atoms with Gasteiger partial charge in [-0.2, -0.15) is 0 Å². The molecule has 1 aromatic heterocycles. The number of aromatic nitrogens is 1. The minimum atomic E-state index is -0.568. The molecule has 190 valence electrons. The number of likely N-dealkylation sites (N-methyl/N-ethyl adjacent to an activating group) is 1. The predicted molar refractivity (Wildman–Crippen MR) is 144 cm³/mol. The van der Waals surface area contributed by atoms with Crippen LogP contribution in [0, 0.1) is 0 Å². The molecule has 1 N–H and O–H groups in total. The summed E-state index contributed by atoms with van der Waals surface area (Å²) in [5.41, 5.74) is 3.25. The fourth-order valence-corrected chi connectivity index (χ4v) is 3.74. The van der Waals surface area contributed by atoms with E-state index in [1.54, 1.807) is 24.5 Å². The van der Waals surface area contributed by atoms with Crippen LogP contribution in [0.15, 0.2) is 64.6 Å². The molecule has 2 atom stereocenters. The SMILES string of the molecule is BOC(=O)c1csc(CC(/C=C(C)/C=C/C(C)=C/CN(C)C)OC(=O)/C=C\C=C(/C)CC(C)O)n1. The summed E-state index contributed by atoms with van der Waals surface area (Å²) in [5.74, 6) is -0.992. The summed E-state index contributed by atoms with van der Waals surface area (Å²) in [6, 6.07) is 0. The van der Waals surface area contributed by atoms with E-state index >= 15 is 0 Å². The third kappa shape index (κ3) is 13.7. The Morgan fingerprint density at radius 3 is 2.51 bits per heavy atom. The Kier molecular flexibility index (Phi) is 13.9. The maximum Gasteiger partial charge on any atom is 0.339 e. The van der Waals surface area contributed by atoms with Crippen LogP contribution in [0.1, 0.15) is 49.6 Å². The number of hydrogen-bond acceptors (Lipinski definition) is 8. The molecule has 0 aliphatic rings. The van der Waals surface area contributed by atoms with Crippen LogP contribution in [0.4, 0.5) is 0 Å². The van der Waals surface area contributed by atoms with E-state index in [0.29, 0.717) is 17.8 Å². The molecule has 35 heavy (non-hydrogen) atoms. The summed E-state index contributed by atoms with van der Waals surface area (Å²) in [5, 5.41) is 11.7. The van der Waals surface area contributed by atoms with Crippen LogP contribution in [-0.2, 0) is 20.6 Å². The predicted octanol–water partition coefficient (Wildman–Crippen LogP) is 3.59. The highest BCUT2D eigenvalue weighted by Crippen LogP contribution is 2.16. The van der Waals surface area contributed by atoms with Crippen LogP contribution in [0.25, 0.3) is 0 Å². The molecule has 7 nitrogen and oxygen atoms in total. The molecule has 0 spiro atoms. The van der Waals surface area contributed by atoms with Gasteiger partial charge in [-0.25, -0.2) is 14.6 Å². The quantitative estimate of drug-likeness (QED) is 0.192. The third-order valence-corrected chi connectivity index (χ3v) is 5.53. The molecular weight excluding hydrogens is 463 g/mol. The van der Waals surface area contributed by atoms with Crippen LogP contribution < -0.4 is 0 Å². The number of aliphatic hydroxyl groups is 1. The van der Waals surface area contributed by atoms with Crippen molar-refractivity contribution in [2.75, 3.05) is 20.6 Å². The Morgan fingerprint density at radius 2 is 1.89 bits per heavy atom. The minimum Gasteiger partial charge on any atom is -0.539 e. The minimum absolute atomic E-state index is 0.235. The van der Waals surface area contributed by atoms with E-state index in [0.717, 1.165) is 23.3 Å². The molecule has 0 aliphatic heterocycles. The lowest BCUT2D eigenvalue weighted by Gasteiger charge is -2.13. The van der Waals surface area contributed by atoms with E-state index in [9.17, 15) is 14.7 Å². The van der Waals surface area contributed by atoms with Crippen molar-refractivity contribution in [2.45, 2.75) is 52.7 Å². The van der Waals surface area contributed by atoms with Gasteiger partial charge in [-0.3, -0.25) is 0 Å². The van der Waals surface area contributed by atoms with Crippen molar-refractivity contribution in [3.05, 3.63) is 75.3 Å². The molecule has 0 aromatic carbocycles. The summed E-state index contributed by atoms with van der Waals surface area (Å²) in [4.78, 5) is 30.6. The van der Waals surface area contributed by atoms with Gasteiger partial charge in [0.15, 0.2) is 5.69 Å². The number of esters is 1. The van der Waals surface area contributed by atoms with Crippen molar-refractivity contribution in [1.29, 1.82) is 0 Å². The van der Waals surface area contributed by atoms with Crippen molar-refractivity contribution in [3.8, 4) is 0 Å². The van der Waals surface area contributed by atoms with Gasteiger partial charge in [0.25, 0.3) is 0 Å². The Balaban J connectivity index is 3.01. The van der Waals surface area contributed by atoms with Crippen molar-refractivity contribution in [2.24, 2.45) is 0 Å². The van der Waals surface area contributed by atoms with E-state index in [1.165, 1.54) is 25.5 Å². The molecule has 0 bridgehead atoms. The Labute approximate surface area is 214 Å². The van der Waals surface area contributed by atoms with Gasteiger partial charge in [-0.05, 0) is 54.3 Å². The number of thiazole rings is 1. The lowest BCUT2D eigenvalue weighted by molar-refractivity contribution is -0.140. The second-order valence-electron chi connectivity index (χ2n) is 8.68. The molecule has 0 fully saturated rings. The molecule has 0 saturated carbocycles. The smallest absolute Gasteiger partial charge is 0.339 e. The lowest BCUT2D eigenvalue weighted by atomic mass is 10.1. The maximum absolute atomic E-state index is 12.5. The molecule has 2 unspecified atom stereocenters. The lowest BCUT2D eigenvalue weighted by Crippen LogP contribution is -2.18. The fraction of sp³-hybridized carbons (Fsp3) is 0.423. The standard InChI is InChI=1S/C26H37BN2O5S/c1-18(12-13-29(5)6)10-11-20(3)15-22(16-24-28-23(17-35-24)26(32)34-27)33-25(31)9-7-8-19(2)14-21(4)30/h7-12,15,17,21-22,30H,13-14,16,27H2,1-6H3/b9-7-,11-10+,18-12+,19-8+,20-15+. The highest BCUT2D eigenvalue weighted by Gasteiger charge is 2.16. The normalized spacial score (nSPS) is 15.1. The molecule has 0 amide bonds. The molecule has 0 saturated heterocycles. The zero-order valence-corrected chi connectivity index (χ0v) is 22.6. The van der Waals surface area contributed by atoms with Crippen LogP contribution in [0.2, 0.25) is 0 Å². The fourth-order valence-electron chi connectivity index (χ4n) is 2.93.